The smallest absolute Gasteiger partial charge is 0.0758 e. The van der Waals surface area contributed by atoms with E-state index in [-0.39, 0.29) is 12.4 Å². The number of nitrogens with zero attached hydrogens (tertiary/aromatic N) is 4. The molecule has 1 aliphatic carbocycles. The van der Waals surface area contributed by atoms with Crippen LogP contribution in [0, 0.1) is 6.92 Å². The summed E-state index contributed by atoms with van der Waals surface area (Å²) >= 11 is 0. The summed E-state index contributed by atoms with van der Waals surface area (Å²) in [4.78, 5) is 0. The molecule has 6 heteroatoms. The number of rotatable bonds is 4. The van der Waals surface area contributed by atoms with E-state index in [9.17, 15) is 0 Å². The fourth-order valence-corrected chi connectivity index (χ4v) is 2.71. The first-order valence-corrected chi connectivity index (χ1v) is 6.99. The molecule has 1 aliphatic rings. The minimum absolute atomic E-state index is 0. The second kappa shape index (κ2) is 6.31. The van der Waals surface area contributed by atoms with Crippen molar-refractivity contribution in [1.29, 1.82) is 0 Å². The fourth-order valence-electron chi connectivity index (χ4n) is 2.71. The third-order valence-electron chi connectivity index (χ3n) is 4.07. The van der Waals surface area contributed by atoms with E-state index < -0.39 is 0 Å². The molecule has 2 aromatic heterocycles. The number of nitrogens with one attached hydrogen (secondary N) is 1. The molecule has 5 nitrogen and oxygen atoms in total. The van der Waals surface area contributed by atoms with Crippen LogP contribution in [0.1, 0.15) is 43.0 Å². The van der Waals surface area contributed by atoms with Crippen molar-refractivity contribution in [1.82, 2.24) is 19.6 Å². The van der Waals surface area contributed by atoms with Crippen molar-refractivity contribution in [2.75, 3.05) is 5.32 Å². The number of halogens is 1. The SMILES string of the molecule is Cc1c(NCc2cnn(C3CCCC3)c2)cnn1C.Cl. The maximum Gasteiger partial charge on any atom is 0.0758 e. The van der Waals surface area contributed by atoms with E-state index in [4.69, 9.17) is 0 Å². The standard InChI is InChI=1S/C14H21N5.ClH/c1-11-14(9-16-18(11)2)15-7-12-8-17-19(10-12)13-5-3-4-6-13;/h8-10,13,15H,3-7H2,1-2H3;1H. The van der Waals surface area contributed by atoms with E-state index in [2.05, 4.69) is 33.3 Å². The summed E-state index contributed by atoms with van der Waals surface area (Å²) in [6.07, 6.45) is 11.2. The highest BCUT2D eigenvalue weighted by Crippen LogP contribution is 2.28. The summed E-state index contributed by atoms with van der Waals surface area (Å²) in [6, 6.07) is 0.619. The minimum atomic E-state index is 0. The van der Waals surface area contributed by atoms with Crippen molar-refractivity contribution >= 4 is 18.1 Å². The zero-order valence-electron chi connectivity index (χ0n) is 12.0. The molecule has 0 unspecified atom stereocenters. The van der Waals surface area contributed by atoms with E-state index >= 15 is 0 Å². The van der Waals surface area contributed by atoms with Gasteiger partial charge >= 0.3 is 0 Å². The number of hydrogen-bond donors (Lipinski definition) is 1. The Morgan fingerprint density at radius 3 is 2.65 bits per heavy atom. The Morgan fingerprint density at radius 1 is 1.25 bits per heavy atom. The van der Waals surface area contributed by atoms with Gasteiger partial charge in [-0.2, -0.15) is 10.2 Å². The third kappa shape index (κ3) is 2.98. The van der Waals surface area contributed by atoms with Gasteiger partial charge < -0.3 is 5.32 Å². The average molecular weight is 296 g/mol. The average Bonchev–Trinajstić information content (AvgIpc) is 3.11. The van der Waals surface area contributed by atoms with Gasteiger partial charge in [-0.25, -0.2) is 0 Å². The zero-order chi connectivity index (χ0) is 13.2. The molecule has 0 saturated heterocycles. The van der Waals surface area contributed by atoms with Gasteiger partial charge in [0.2, 0.25) is 0 Å². The second-order valence-corrected chi connectivity index (χ2v) is 5.39. The maximum atomic E-state index is 4.49. The lowest BCUT2D eigenvalue weighted by molar-refractivity contribution is 0.466. The number of aromatic nitrogens is 4. The lowest BCUT2D eigenvalue weighted by Crippen LogP contribution is -2.05. The van der Waals surface area contributed by atoms with Crippen LogP contribution in [0.2, 0.25) is 0 Å². The predicted molar refractivity (Wildman–Crippen MR) is 82.3 cm³/mol. The normalized spacial score (nSPS) is 15.3. The monoisotopic (exact) mass is 295 g/mol. The number of anilines is 1. The Balaban J connectivity index is 0.00000147. The lowest BCUT2D eigenvalue weighted by atomic mass is 10.2. The molecule has 0 spiro atoms. The second-order valence-electron chi connectivity index (χ2n) is 5.39. The molecule has 0 radical (unpaired) electrons. The van der Waals surface area contributed by atoms with Gasteiger partial charge in [-0.15, -0.1) is 12.4 Å². The van der Waals surface area contributed by atoms with E-state index in [0.29, 0.717) is 6.04 Å². The maximum absolute atomic E-state index is 4.49. The van der Waals surface area contributed by atoms with Crippen LogP contribution in [-0.4, -0.2) is 19.6 Å². The molecule has 20 heavy (non-hydrogen) atoms. The quantitative estimate of drug-likeness (QED) is 0.943. The van der Waals surface area contributed by atoms with Crippen LogP contribution in [0.25, 0.3) is 0 Å². The van der Waals surface area contributed by atoms with Gasteiger partial charge in [-0.1, -0.05) is 12.8 Å². The van der Waals surface area contributed by atoms with Gasteiger partial charge in [-0.05, 0) is 19.8 Å². The molecule has 3 rings (SSSR count). The molecule has 1 fully saturated rings. The van der Waals surface area contributed by atoms with Gasteiger partial charge in [0.25, 0.3) is 0 Å². The van der Waals surface area contributed by atoms with Gasteiger partial charge in [-0.3, -0.25) is 9.36 Å². The largest absolute Gasteiger partial charge is 0.378 e. The highest BCUT2D eigenvalue weighted by atomic mass is 35.5. The van der Waals surface area contributed by atoms with Gasteiger partial charge in [0.15, 0.2) is 0 Å². The third-order valence-corrected chi connectivity index (χ3v) is 4.07. The van der Waals surface area contributed by atoms with Crippen molar-refractivity contribution in [3.05, 3.63) is 29.8 Å². The van der Waals surface area contributed by atoms with Crippen LogP contribution in [0.3, 0.4) is 0 Å². The Labute approximate surface area is 125 Å². The molecule has 2 heterocycles. The Bertz CT molecular complexity index is 554. The Hall–Kier alpha value is -1.49. The molecule has 0 aromatic carbocycles. The summed E-state index contributed by atoms with van der Waals surface area (Å²) in [7, 11) is 1.96. The zero-order valence-corrected chi connectivity index (χ0v) is 12.9. The predicted octanol–water partition coefficient (Wildman–Crippen LogP) is 3.07. The molecule has 0 atom stereocenters. The molecular formula is C14H22ClN5. The highest BCUT2D eigenvalue weighted by molar-refractivity contribution is 5.85. The van der Waals surface area contributed by atoms with Gasteiger partial charge in [0.05, 0.1) is 29.8 Å². The van der Waals surface area contributed by atoms with Crippen molar-refractivity contribution < 1.29 is 0 Å². The van der Waals surface area contributed by atoms with Crippen molar-refractivity contribution in [3.63, 3.8) is 0 Å². The van der Waals surface area contributed by atoms with E-state index in [0.717, 1.165) is 17.9 Å². The summed E-state index contributed by atoms with van der Waals surface area (Å²) in [6.45, 7) is 2.87. The lowest BCUT2D eigenvalue weighted by Gasteiger charge is -2.08. The summed E-state index contributed by atoms with van der Waals surface area (Å²) < 4.78 is 4.02. The van der Waals surface area contributed by atoms with Crippen molar-refractivity contribution in [2.45, 2.75) is 45.2 Å². The van der Waals surface area contributed by atoms with Crippen LogP contribution in [0.4, 0.5) is 5.69 Å². The Kier molecular flexibility index (Phi) is 4.70. The van der Waals surface area contributed by atoms with Gasteiger partial charge in [0, 0.05) is 25.4 Å². The molecule has 0 bridgehead atoms. The number of hydrogen-bond acceptors (Lipinski definition) is 3. The molecule has 0 amide bonds. The van der Waals surface area contributed by atoms with Crippen LogP contribution < -0.4 is 5.32 Å². The van der Waals surface area contributed by atoms with Crippen LogP contribution in [0.5, 0.6) is 0 Å². The number of aryl methyl sites for hydroxylation is 1. The minimum Gasteiger partial charge on any atom is -0.378 e. The topological polar surface area (TPSA) is 47.7 Å². The van der Waals surface area contributed by atoms with Crippen LogP contribution >= 0.6 is 12.4 Å². The van der Waals surface area contributed by atoms with E-state index in [1.807, 2.05) is 24.1 Å². The molecule has 1 saturated carbocycles. The van der Waals surface area contributed by atoms with Gasteiger partial charge in [0.1, 0.15) is 0 Å². The van der Waals surface area contributed by atoms with E-state index in [1.165, 1.54) is 31.2 Å². The molecule has 2 aromatic rings. The van der Waals surface area contributed by atoms with Crippen LogP contribution in [-0.2, 0) is 13.6 Å². The summed E-state index contributed by atoms with van der Waals surface area (Å²) in [5, 5.41) is 12.1. The van der Waals surface area contributed by atoms with Crippen molar-refractivity contribution in [2.24, 2.45) is 7.05 Å². The first-order valence-electron chi connectivity index (χ1n) is 6.99. The Morgan fingerprint density at radius 2 is 2.00 bits per heavy atom. The molecule has 0 aliphatic heterocycles. The molecule has 110 valence electrons. The molecule has 1 N–H and O–H groups in total. The summed E-state index contributed by atoms with van der Waals surface area (Å²) in [5.41, 5.74) is 3.48. The summed E-state index contributed by atoms with van der Waals surface area (Å²) in [5.74, 6) is 0. The van der Waals surface area contributed by atoms with Crippen molar-refractivity contribution in [3.8, 4) is 0 Å². The fraction of sp³-hybridized carbons (Fsp3) is 0.571. The first kappa shape index (κ1) is 14.9. The first-order chi connectivity index (χ1) is 9.24. The molecular weight excluding hydrogens is 274 g/mol. The van der Waals surface area contributed by atoms with Crippen LogP contribution in [0.15, 0.2) is 18.6 Å². The highest BCUT2D eigenvalue weighted by Gasteiger charge is 2.17. The van der Waals surface area contributed by atoms with E-state index in [1.54, 1.807) is 0 Å².